The first-order chi connectivity index (χ1) is 9.18. The predicted molar refractivity (Wildman–Crippen MR) is 80.3 cm³/mol. The van der Waals surface area contributed by atoms with E-state index in [0.29, 0.717) is 15.7 Å². The fraction of sp³-hybridized carbons (Fsp3) is 0.429. The van der Waals surface area contributed by atoms with Gasteiger partial charge in [-0.3, -0.25) is 4.79 Å². The number of nitrogens with one attached hydrogen (secondary N) is 1. The summed E-state index contributed by atoms with van der Waals surface area (Å²) in [5, 5.41) is 3.62. The van der Waals surface area contributed by atoms with Crippen molar-refractivity contribution in [3.8, 4) is 0 Å². The molecular weight excluding hydrogens is 299 g/mol. The first-order valence-electron chi connectivity index (χ1n) is 6.28. The Kier molecular flexibility index (Phi) is 3.98. The van der Waals surface area contributed by atoms with Gasteiger partial charge in [-0.25, -0.2) is 9.69 Å². The zero-order chi connectivity index (χ0) is 15.1. The number of hydrogen-bond donors (Lipinski definition) is 1. The minimum absolute atomic E-state index is 0.177. The van der Waals surface area contributed by atoms with Gasteiger partial charge >= 0.3 is 6.03 Å². The van der Waals surface area contributed by atoms with E-state index >= 15 is 0 Å². The fourth-order valence-corrected chi connectivity index (χ4v) is 2.61. The molecule has 1 fully saturated rings. The average Bonchev–Trinajstić information content (AvgIpc) is 2.25. The van der Waals surface area contributed by atoms with Gasteiger partial charge in [0.15, 0.2) is 0 Å². The van der Waals surface area contributed by atoms with Crippen LogP contribution in [0.1, 0.15) is 27.2 Å². The summed E-state index contributed by atoms with van der Waals surface area (Å²) in [6.45, 7) is 5.95. The summed E-state index contributed by atoms with van der Waals surface area (Å²) in [7, 11) is 0. The van der Waals surface area contributed by atoms with E-state index in [-0.39, 0.29) is 23.8 Å². The highest BCUT2D eigenvalue weighted by Gasteiger charge is 2.38. The third-order valence-electron chi connectivity index (χ3n) is 3.28. The second-order valence-corrected chi connectivity index (χ2v) is 6.80. The Balaban J connectivity index is 2.31. The minimum atomic E-state index is -0.445. The summed E-state index contributed by atoms with van der Waals surface area (Å²) in [4.78, 5) is 25.5. The van der Waals surface area contributed by atoms with Crippen molar-refractivity contribution in [1.82, 2.24) is 5.32 Å². The molecule has 1 unspecified atom stereocenters. The molecule has 0 saturated carbocycles. The molecule has 0 spiro atoms. The molecule has 0 aromatic heterocycles. The summed E-state index contributed by atoms with van der Waals surface area (Å²) >= 11 is 11.8. The Morgan fingerprint density at radius 1 is 1.15 bits per heavy atom. The molecule has 2 rings (SSSR count). The molecular formula is C14H16Cl2N2O2. The third-order valence-corrected chi connectivity index (χ3v) is 3.72. The van der Waals surface area contributed by atoms with Gasteiger partial charge in [-0.2, -0.15) is 0 Å². The maximum absolute atomic E-state index is 12.3. The van der Waals surface area contributed by atoms with Crippen LogP contribution in [0.15, 0.2) is 18.2 Å². The van der Waals surface area contributed by atoms with Gasteiger partial charge in [-0.1, -0.05) is 44.0 Å². The van der Waals surface area contributed by atoms with Crippen molar-refractivity contribution in [2.24, 2.45) is 5.41 Å². The van der Waals surface area contributed by atoms with Crippen LogP contribution in [0.2, 0.25) is 10.0 Å². The van der Waals surface area contributed by atoms with Crippen LogP contribution in [0, 0.1) is 5.41 Å². The molecule has 1 aromatic rings. The summed E-state index contributed by atoms with van der Waals surface area (Å²) < 4.78 is 0. The number of carbonyl (C=O) groups is 2. The predicted octanol–water partition coefficient (Wildman–Crippen LogP) is 3.85. The van der Waals surface area contributed by atoms with E-state index < -0.39 is 6.03 Å². The van der Waals surface area contributed by atoms with Gasteiger partial charge in [-0.05, 0) is 23.6 Å². The smallest absolute Gasteiger partial charge is 0.328 e. The summed E-state index contributed by atoms with van der Waals surface area (Å²) in [6, 6.07) is 4.01. The molecule has 1 saturated heterocycles. The number of amides is 3. The molecule has 4 nitrogen and oxygen atoms in total. The van der Waals surface area contributed by atoms with Crippen LogP contribution in [0.4, 0.5) is 10.5 Å². The summed E-state index contributed by atoms with van der Waals surface area (Å²) in [6.07, 6.45) is 0.249. The molecule has 1 aliphatic rings. The van der Waals surface area contributed by atoms with Gasteiger partial charge in [-0.15, -0.1) is 0 Å². The van der Waals surface area contributed by atoms with Crippen LogP contribution in [-0.2, 0) is 4.79 Å². The molecule has 0 bridgehead atoms. The van der Waals surface area contributed by atoms with Gasteiger partial charge in [0, 0.05) is 22.5 Å². The fourth-order valence-electron chi connectivity index (χ4n) is 2.10. The SMILES string of the molecule is CC(C)(C)C1CC(=O)N(c2cc(Cl)cc(Cl)c2)C(=O)N1. The topological polar surface area (TPSA) is 49.4 Å². The second-order valence-electron chi connectivity index (χ2n) is 5.93. The highest BCUT2D eigenvalue weighted by molar-refractivity contribution is 6.35. The number of hydrogen-bond acceptors (Lipinski definition) is 2. The first kappa shape index (κ1) is 15.1. The number of halogens is 2. The molecule has 1 heterocycles. The van der Waals surface area contributed by atoms with Crippen LogP contribution in [0.25, 0.3) is 0 Å². The highest BCUT2D eigenvalue weighted by atomic mass is 35.5. The van der Waals surface area contributed by atoms with E-state index in [1.54, 1.807) is 18.2 Å². The molecule has 1 atom stereocenters. The monoisotopic (exact) mass is 314 g/mol. The Labute approximate surface area is 128 Å². The Hall–Kier alpha value is -1.26. The maximum Gasteiger partial charge on any atom is 0.328 e. The van der Waals surface area contributed by atoms with E-state index in [4.69, 9.17) is 23.2 Å². The molecule has 108 valence electrons. The van der Waals surface area contributed by atoms with Crippen molar-refractivity contribution in [3.63, 3.8) is 0 Å². The van der Waals surface area contributed by atoms with E-state index in [0.717, 1.165) is 4.90 Å². The van der Waals surface area contributed by atoms with E-state index in [9.17, 15) is 9.59 Å². The standard InChI is InChI=1S/C14H16Cl2N2O2/c1-14(2,3)11-7-12(19)18(13(20)17-11)10-5-8(15)4-9(16)6-10/h4-6,11H,7H2,1-3H3,(H,17,20). The van der Waals surface area contributed by atoms with Gasteiger partial charge in [0.25, 0.3) is 0 Å². The largest absolute Gasteiger partial charge is 0.334 e. The summed E-state index contributed by atoms with van der Waals surface area (Å²) in [5.74, 6) is -0.257. The van der Waals surface area contributed by atoms with Crippen molar-refractivity contribution in [2.45, 2.75) is 33.2 Å². The number of nitrogens with zero attached hydrogens (tertiary/aromatic N) is 1. The average molecular weight is 315 g/mol. The Morgan fingerprint density at radius 2 is 1.70 bits per heavy atom. The van der Waals surface area contributed by atoms with Crippen LogP contribution < -0.4 is 10.2 Å². The highest BCUT2D eigenvalue weighted by Crippen LogP contribution is 2.30. The van der Waals surface area contributed by atoms with Crippen LogP contribution in [0.3, 0.4) is 0 Å². The number of urea groups is 1. The third kappa shape index (κ3) is 3.07. The second kappa shape index (κ2) is 5.26. The number of anilines is 1. The lowest BCUT2D eigenvalue weighted by Gasteiger charge is -2.38. The van der Waals surface area contributed by atoms with Crippen molar-refractivity contribution < 1.29 is 9.59 Å². The molecule has 6 heteroatoms. The molecule has 1 N–H and O–H groups in total. The van der Waals surface area contributed by atoms with Gasteiger partial charge in [0.2, 0.25) is 5.91 Å². The molecule has 0 aliphatic carbocycles. The number of carbonyl (C=O) groups excluding carboxylic acids is 2. The normalized spacial score (nSPS) is 20.1. The number of imide groups is 1. The number of benzene rings is 1. The van der Waals surface area contributed by atoms with E-state index in [1.165, 1.54) is 0 Å². The van der Waals surface area contributed by atoms with Gasteiger partial charge in [0.05, 0.1) is 5.69 Å². The van der Waals surface area contributed by atoms with Crippen LogP contribution in [-0.4, -0.2) is 18.0 Å². The quantitative estimate of drug-likeness (QED) is 0.855. The van der Waals surface area contributed by atoms with Crippen molar-refractivity contribution >= 4 is 40.8 Å². The van der Waals surface area contributed by atoms with Gasteiger partial charge in [0.1, 0.15) is 0 Å². The van der Waals surface area contributed by atoms with Crippen LogP contribution >= 0.6 is 23.2 Å². The molecule has 0 radical (unpaired) electrons. The lowest BCUT2D eigenvalue weighted by molar-refractivity contribution is -0.119. The molecule has 1 aliphatic heterocycles. The number of rotatable bonds is 1. The summed E-state index contributed by atoms with van der Waals surface area (Å²) in [5.41, 5.74) is 0.209. The first-order valence-corrected chi connectivity index (χ1v) is 7.03. The van der Waals surface area contributed by atoms with E-state index in [1.807, 2.05) is 20.8 Å². The Bertz CT molecular complexity index is 529. The zero-order valence-corrected chi connectivity index (χ0v) is 13.0. The van der Waals surface area contributed by atoms with E-state index in [2.05, 4.69) is 5.32 Å². The molecule has 1 aromatic carbocycles. The van der Waals surface area contributed by atoms with Crippen molar-refractivity contribution in [3.05, 3.63) is 28.2 Å². The van der Waals surface area contributed by atoms with Crippen molar-refractivity contribution in [1.29, 1.82) is 0 Å². The lowest BCUT2D eigenvalue weighted by atomic mass is 9.83. The molecule has 3 amide bonds. The minimum Gasteiger partial charge on any atom is -0.334 e. The molecule has 20 heavy (non-hydrogen) atoms. The Morgan fingerprint density at radius 3 is 2.15 bits per heavy atom. The zero-order valence-electron chi connectivity index (χ0n) is 11.5. The van der Waals surface area contributed by atoms with Gasteiger partial charge < -0.3 is 5.32 Å². The maximum atomic E-state index is 12.3. The van der Waals surface area contributed by atoms with Crippen LogP contribution in [0.5, 0.6) is 0 Å². The lowest BCUT2D eigenvalue weighted by Crippen LogP contribution is -2.58. The van der Waals surface area contributed by atoms with Crippen molar-refractivity contribution in [2.75, 3.05) is 4.90 Å².